The van der Waals surface area contributed by atoms with Crippen LogP contribution in [0.2, 0.25) is 0 Å². The summed E-state index contributed by atoms with van der Waals surface area (Å²) in [6, 6.07) is 4.34. The van der Waals surface area contributed by atoms with Crippen LogP contribution >= 0.6 is 0 Å². The molecule has 0 aromatic heterocycles. The van der Waals surface area contributed by atoms with Crippen molar-refractivity contribution in [2.75, 3.05) is 19.8 Å². The Balaban J connectivity index is 1.81. The van der Waals surface area contributed by atoms with Crippen LogP contribution in [0.5, 0.6) is 0 Å². The third-order valence-electron chi connectivity index (χ3n) is 4.90. The van der Waals surface area contributed by atoms with Crippen LogP contribution in [-0.2, 0) is 14.2 Å². The van der Waals surface area contributed by atoms with Gasteiger partial charge >= 0.3 is 5.97 Å². The number of ether oxygens (including phenoxy) is 3. The maximum Gasteiger partial charge on any atom is 0.338 e. The molecule has 1 aromatic rings. The molecule has 27 heavy (non-hydrogen) atoms. The van der Waals surface area contributed by atoms with Crippen molar-refractivity contribution in [2.45, 2.75) is 71.5 Å². The van der Waals surface area contributed by atoms with Crippen LogP contribution in [0.4, 0.5) is 4.39 Å². The molecule has 0 bridgehead atoms. The molecule has 2 rings (SSSR count). The first-order valence-corrected chi connectivity index (χ1v) is 10.4. The van der Waals surface area contributed by atoms with Gasteiger partial charge in [0.1, 0.15) is 5.82 Å². The van der Waals surface area contributed by atoms with E-state index in [0.29, 0.717) is 31.3 Å². The Morgan fingerprint density at radius 3 is 2.44 bits per heavy atom. The molecule has 1 fully saturated rings. The molecular formula is C22H33FO4. The van der Waals surface area contributed by atoms with Gasteiger partial charge in [-0.15, -0.1) is 0 Å². The number of halogens is 1. The highest BCUT2D eigenvalue weighted by Gasteiger charge is 2.26. The highest BCUT2D eigenvalue weighted by Crippen LogP contribution is 2.29. The summed E-state index contributed by atoms with van der Waals surface area (Å²) in [7, 11) is 0. The Morgan fingerprint density at radius 1 is 1.07 bits per heavy atom. The summed E-state index contributed by atoms with van der Waals surface area (Å²) in [4.78, 5) is 12.0. The van der Waals surface area contributed by atoms with Crippen LogP contribution in [0.1, 0.15) is 87.4 Å². The molecule has 0 saturated carbocycles. The number of benzene rings is 1. The van der Waals surface area contributed by atoms with E-state index in [1.807, 2.05) is 0 Å². The molecule has 0 unspecified atom stereocenters. The van der Waals surface area contributed by atoms with Gasteiger partial charge in [0, 0.05) is 11.5 Å². The van der Waals surface area contributed by atoms with Gasteiger partial charge in [0.25, 0.3) is 0 Å². The largest absolute Gasteiger partial charge is 0.462 e. The van der Waals surface area contributed by atoms with Crippen molar-refractivity contribution >= 4 is 5.97 Å². The molecule has 0 aliphatic carbocycles. The molecule has 152 valence electrons. The zero-order valence-corrected chi connectivity index (χ0v) is 16.7. The summed E-state index contributed by atoms with van der Waals surface area (Å²) in [5.74, 6) is -0.614. The van der Waals surface area contributed by atoms with Crippen molar-refractivity contribution in [1.82, 2.24) is 0 Å². The van der Waals surface area contributed by atoms with Gasteiger partial charge < -0.3 is 14.2 Å². The molecule has 1 aliphatic heterocycles. The van der Waals surface area contributed by atoms with Gasteiger partial charge in [-0.3, -0.25) is 0 Å². The monoisotopic (exact) mass is 380 g/mol. The van der Waals surface area contributed by atoms with Crippen LogP contribution in [0.25, 0.3) is 0 Å². The minimum Gasteiger partial charge on any atom is -0.462 e. The van der Waals surface area contributed by atoms with Crippen LogP contribution < -0.4 is 0 Å². The second-order valence-electron chi connectivity index (χ2n) is 7.29. The molecule has 0 spiro atoms. The molecule has 1 aromatic carbocycles. The quantitative estimate of drug-likeness (QED) is 0.359. The number of hydrogen-bond acceptors (Lipinski definition) is 4. The Labute approximate surface area is 162 Å². The number of hydrogen-bond donors (Lipinski definition) is 0. The number of carbonyl (C=O) groups is 1. The minimum absolute atomic E-state index is 0.220. The summed E-state index contributed by atoms with van der Waals surface area (Å²) >= 11 is 0. The highest BCUT2D eigenvalue weighted by atomic mass is 19.1. The first-order chi connectivity index (χ1) is 13.2. The lowest BCUT2D eigenvalue weighted by Gasteiger charge is -2.30. The molecule has 1 heterocycles. The lowest BCUT2D eigenvalue weighted by Crippen LogP contribution is -2.27. The molecule has 4 nitrogen and oxygen atoms in total. The molecule has 1 saturated heterocycles. The van der Waals surface area contributed by atoms with Crippen LogP contribution in [0.15, 0.2) is 18.2 Å². The number of unbranched alkanes of at least 4 members (excludes halogenated alkanes) is 5. The fourth-order valence-electron chi connectivity index (χ4n) is 3.19. The van der Waals surface area contributed by atoms with Crippen molar-refractivity contribution in [3.63, 3.8) is 0 Å². The maximum atomic E-state index is 14.5. The van der Waals surface area contributed by atoms with Gasteiger partial charge in [-0.2, -0.15) is 0 Å². The van der Waals surface area contributed by atoms with E-state index in [0.717, 1.165) is 25.7 Å². The van der Waals surface area contributed by atoms with E-state index in [4.69, 9.17) is 14.2 Å². The number of esters is 1. The molecule has 0 amide bonds. The Bertz CT molecular complexity index is 567. The number of carbonyl (C=O) groups excluding carboxylic acids is 1. The summed E-state index contributed by atoms with van der Waals surface area (Å²) in [6.07, 6.45) is 8.17. The molecule has 5 heteroatoms. The van der Waals surface area contributed by atoms with Gasteiger partial charge in [0.15, 0.2) is 6.29 Å². The molecule has 0 radical (unpaired) electrons. The first-order valence-electron chi connectivity index (χ1n) is 10.4. The van der Waals surface area contributed by atoms with Crippen LogP contribution in [0, 0.1) is 11.7 Å². The summed E-state index contributed by atoms with van der Waals surface area (Å²) in [5.41, 5.74) is 0.555. The van der Waals surface area contributed by atoms with Crippen molar-refractivity contribution in [3.8, 4) is 0 Å². The Morgan fingerprint density at radius 2 is 1.78 bits per heavy atom. The Hall–Kier alpha value is -1.46. The van der Waals surface area contributed by atoms with Crippen molar-refractivity contribution in [1.29, 1.82) is 0 Å². The van der Waals surface area contributed by atoms with Crippen molar-refractivity contribution in [3.05, 3.63) is 35.1 Å². The average molecular weight is 381 g/mol. The topological polar surface area (TPSA) is 44.8 Å². The normalized spacial score (nSPS) is 19.8. The molecule has 1 aliphatic rings. The second-order valence-corrected chi connectivity index (χ2v) is 7.29. The highest BCUT2D eigenvalue weighted by molar-refractivity contribution is 5.89. The zero-order chi connectivity index (χ0) is 19.5. The summed E-state index contributed by atoms with van der Waals surface area (Å²) in [5, 5.41) is 0. The van der Waals surface area contributed by atoms with Gasteiger partial charge in [0.05, 0.1) is 25.4 Å². The van der Waals surface area contributed by atoms with Crippen molar-refractivity contribution in [2.24, 2.45) is 5.92 Å². The fraction of sp³-hybridized carbons (Fsp3) is 0.682. The maximum absolute atomic E-state index is 14.5. The minimum atomic E-state index is -0.702. The fourth-order valence-corrected chi connectivity index (χ4v) is 3.19. The van der Waals surface area contributed by atoms with Gasteiger partial charge in [-0.05, 0) is 25.0 Å². The van der Waals surface area contributed by atoms with E-state index in [1.54, 1.807) is 12.1 Å². The molecule has 0 N–H and O–H groups in total. The SMILES string of the molecule is CCCCCCC1COC(c2ccc(C(=O)OCCCCC)cc2F)OC1. The second kappa shape index (κ2) is 12.1. The van der Waals surface area contributed by atoms with E-state index >= 15 is 0 Å². The van der Waals surface area contributed by atoms with E-state index < -0.39 is 18.1 Å². The van der Waals surface area contributed by atoms with Gasteiger partial charge in [-0.1, -0.05) is 58.4 Å². The van der Waals surface area contributed by atoms with Gasteiger partial charge in [0.2, 0.25) is 0 Å². The standard InChI is InChI=1S/C22H33FO4/c1-3-5-7-8-10-17-15-26-22(27-16-17)19-12-11-18(14-20(19)23)21(24)25-13-9-6-4-2/h11-12,14,17,22H,3-10,13,15-16H2,1-2H3. The van der Waals surface area contributed by atoms with E-state index in [2.05, 4.69) is 13.8 Å². The molecular weight excluding hydrogens is 347 g/mol. The number of rotatable bonds is 11. The smallest absolute Gasteiger partial charge is 0.338 e. The van der Waals surface area contributed by atoms with Crippen molar-refractivity contribution < 1.29 is 23.4 Å². The third kappa shape index (κ3) is 7.23. The summed E-state index contributed by atoms with van der Waals surface area (Å²) < 4.78 is 31.1. The van der Waals surface area contributed by atoms with Crippen LogP contribution in [-0.4, -0.2) is 25.8 Å². The predicted molar refractivity (Wildman–Crippen MR) is 103 cm³/mol. The lowest BCUT2D eigenvalue weighted by atomic mass is 10.0. The lowest BCUT2D eigenvalue weighted by molar-refractivity contribution is -0.207. The third-order valence-corrected chi connectivity index (χ3v) is 4.90. The van der Waals surface area contributed by atoms with Gasteiger partial charge in [-0.25, -0.2) is 9.18 Å². The Kier molecular flexibility index (Phi) is 9.78. The van der Waals surface area contributed by atoms with E-state index in [9.17, 15) is 9.18 Å². The predicted octanol–water partition coefficient (Wildman–Crippen LogP) is 5.80. The zero-order valence-electron chi connectivity index (χ0n) is 16.7. The first kappa shape index (κ1) is 21.8. The van der Waals surface area contributed by atoms with Crippen LogP contribution in [0.3, 0.4) is 0 Å². The summed E-state index contributed by atoms with van der Waals surface area (Å²) in [6.45, 7) is 5.81. The van der Waals surface area contributed by atoms with E-state index in [-0.39, 0.29) is 5.56 Å². The average Bonchev–Trinajstić information content (AvgIpc) is 2.69. The molecule has 0 atom stereocenters. The van der Waals surface area contributed by atoms with E-state index in [1.165, 1.54) is 31.7 Å².